The minimum absolute atomic E-state index is 0.275. The Balaban J connectivity index is 1.74. The lowest BCUT2D eigenvalue weighted by Crippen LogP contribution is -2.39. The normalized spacial score (nSPS) is 18.6. The number of fused-ring (bicyclic) bond motifs is 1. The molecule has 4 rings (SSSR count). The van der Waals surface area contributed by atoms with Crippen LogP contribution in [0, 0.1) is 11.7 Å². The van der Waals surface area contributed by atoms with E-state index in [0.29, 0.717) is 22.0 Å². The molecule has 0 fully saturated rings. The molecule has 2 heterocycles. The lowest BCUT2D eigenvalue weighted by atomic mass is 9.87. The average molecular weight is 385 g/mol. The summed E-state index contributed by atoms with van der Waals surface area (Å²) in [6, 6.07) is 12.2. The van der Waals surface area contributed by atoms with Crippen molar-refractivity contribution in [2.45, 2.75) is 13.0 Å². The van der Waals surface area contributed by atoms with Crippen molar-refractivity contribution >= 4 is 34.9 Å². The summed E-state index contributed by atoms with van der Waals surface area (Å²) in [7, 11) is 0. The number of anilines is 1. The number of nitrogens with one attached hydrogen (secondary N) is 1. The maximum Gasteiger partial charge on any atom is 0.269 e. The summed E-state index contributed by atoms with van der Waals surface area (Å²) in [5.41, 5.74) is 1.71. The number of tetrazole rings is 1. The fourth-order valence-corrected chi connectivity index (χ4v) is 3.28. The summed E-state index contributed by atoms with van der Waals surface area (Å²) in [6.07, 6.45) is 0. The van der Waals surface area contributed by atoms with Crippen LogP contribution in [0.25, 0.3) is 0 Å². The van der Waals surface area contributed by atoms with Gasteiger partial charge in [0.2, 0.25) is 5.91 Å². The van der Waals surface area contributed by atoms with E-state index in [0.717, 1.165) is 0 Å². The number of benzene rings is 2. The fraction of sp³-hybridized carbons (Fsp3) is 0.167. The van der Waals surface area contributed by atoms with E-state index in [1.54, 1.807) is 43.3 Å². The van der Waals surface area contributed by atoms with E-state index in [2.05, 4.69) is 25.8 Å². The van der Waals surface area contributed by atoms with Crippen LogP contribution in [0.5, 0.6) is 0 Å². The summed E-state index contributed by atoms with van der Waals surface area (Å²) in [5, 5.41) is 14.9. The van der Waals surface area contributed by atoms with Gasteiger partial charge in [-0.25, -0.2) is 14.1 Å². The van der Waals surface area contributed by atoms with Gasteiger partial charge >= 0.3 is 0 Å². The number of nitrogens with zero attached hydrogens (tertiary/aromatic N) is 5. The number of rotatable bonds is 3. The molecule has 9 heteroatoms. The van der Waals surface area contributed by atoms with Crippen molar-refractivity contribution in [2.75, 3.05) is 5.32 Å². The quantitative estimate of drug-likeness (QED) is 0.749. The highest BCUT2D eigenvalue weighted by Crippen LogP contribution is 2.35. The third-order valence-corrected chi connectivity index (χ3v) is 4.62. The molecular weight excluding hydrogens is 371 g/mol. The van der Waals surface area contributed by atoms with Gasteiger partial charge in [-0.15, -0.1) is 0 Å². The average Bonchev–Trinajstić information content (AvgIpc) is 3.10. The SMILES string of the molecule is CC1=Nc2nnnn2C(c2cccc(F)c2)C1C(=O)Nc1ccc(Cl)cc1. The van der Waals surface area contributed by atoms with Gasteiger partial charge < -0.3 is 5.32 Å². The molecular formula is C18H14ClFN6O. The smallest absolute Gasteiger partial charge is 0.269 e. The molecule has 3 aromatic rings. The van der Waals surface area contributed by atoms with Crippen LogP contribution in [0.4, 0.5) is 16.0 Å². The molecule has 1 aliphatic rings. The highest BCUT2D eigenvalue weighted by Gasteiger charge is 2.39. The lowest BCUT2D eigenvalue weighted by molar-refractivity contribution is -0.118. The molecule has 1 aliphatic heterocycles. The summed E-state index contributed by atoms with van der Waals surface area (Å²) in [6.45, 7) is 1.73. The first-order valence-electron chi connectivity index (χ1n) is 8.18. The van der Waals surface area contributed by atoms with E-state index in [4.69, 9.17) is 11.6 Å². The molecule has 0 saturated carbocycles. The van der Waals surface area contributed by atoms with E-state index in [9.17, 15) is 9.18 Å². The van der Waals surface area contributed by atoms with Crippen molar-refractivity contribution in [2.24, 2.45) is 10.9 Å². The molecule has 136 valence electrons. The standard InChI is InChI=1S/C18H14ClFN6O/c1-10-15(17(27)22-14-7-5-12(19)6-8-14)16(11-3-2-4-13(20)9-11)26-18(21-10)23-24-25-26/h2-9,15-16H,1H3,(H,22,27). The summed E-state index contributed by atoms with van der Waals surface area (Å²) in [5.74, 6) is -1.14. The molecule has 0 spiro atoms. The molecule has 1 aromatic heterocycles. The van der Waals surface area contributed by atoms with Gasteiger partial charge in [-0.05, 0) is 59.3 Å². The van der Waals surface area contributed by atoms with Crippen LogP contribution >= 0.6 is 11.6 Å². The van der Waals surface area contributed by atoms with E-state index in [1.807, 2.05) is 0 Å². The van der Waals surface area contributed by atoms with Gasteiger partial charge in [-0.1, -0.05) is 28.8 Å². The van der Waals surface area contributed by atoms with Gasteiger partial charge in [0.05, 0.1) is 6.04 Å². The molecule has 2 atom stereocenters. The number of carbonyl (C=O) groups excluding carboxylic acids is 1. The largest absolute Gasteiger partial charge is 0.325 e. The van der Waals surface area contributed by atoms with Gasteiger partial charge in [0.25, 0.3) is 5.95 Å². The van der Waals surface area contributed by atoms with E-state index in [1.165, 1.54) is 16.8 Å². The van der Waals surface area contributed by atoms with Crippen molar-refractivity contribution in [3.8, 4) is 0 Å². The monoisotopic (exact) mass is 384 g/mol. The van der Waals surface area contributed by atoms with E-state index in [-0.39, 0.29) is 11.9 Å². The Labute approximate surface area is 158 Å². The Morgan fingerprint density at radius 3 is 2.74 bits per heavy atom. The number of aliphatic imine (C=N–C) groups is 1. The maximum atomic E-state index is 13.8. The number of hydrogen-bond donors (Lipinski definition) is 1. The first-order valence-corrected chi connectivity index (χ1v) is 8.55. The summed E-state index contributed by atoms with van der Waals surface area (Å²) >= 11 is 5.89. The van der Waals surface area contributed by atoms with Crippen molar-refractivity contribution in [3.05, 3.63) is 64.9 Å². The number of aromatic nitrogens is 4. The van der Waals surface area contributed by atoms with Crippen molar-refractivity contribution in [3.63, 3.8) is 0 Å². The minimum Gasteiger partial charge on any atom is -0.325 e. The molecule has 0 bridgehead atoms. The summed E-state index contributed by atoms with van der Waals surface area (Å²) in [4.78, 5) is 17.4. The molecule has 27 heavy (non-hydrogen) atoms. The molecule has 2 unspecified atom stereocenters. The van der Waals surface area contributed by atoms with Gasteiger partial charge in [-0.2, -0.15) is 0 Å². The summed E-state index contributed by atoms with van der Waals surface area (Å²) < 4.78 is 15.3. The van der Waals surface area contributed by atoms with E-state index < -0.39 is 17.8 Å². The molecule has 7 nitrogen and oxygen atoms in total. The highest BCUT2D eigenvalue weighted by atomic mass is 35.5. The van der Waals surface area contributed by atoms with Crippen LogP contribution in [0.15, 0.2) is 53.5 Å². The zero-order chi connectivity index (χ0) is 19.0. The second-order valence-electron chi connectivity index (χ2n) is 6.15. The lowest BCUT2D eigenvalue weighted by Gasteiger charge is -2.29. The Hall–Kier alpha value is -3.13. The molecule has 0 radical (unpaired) electrons. The molecule has 1 amide bonds. The third-order valence-electron chi connectivity index (χ3n) is 4.37. The topological polar surface area (TPSA) is 85.1 Å². The fourth-order valence-electron chi connectivity index (χ4n) is 3.15. The Morgan fingerprint density at radius 2 is 2.00 bits per heavy atom. The Bertz CT molecular complexity index is 1030. The van der Waals surface area contributed by atoms with Gasteiger partial charge in [-0.3, -0.25) is 4.79 Å². The molecule has 0 saturated heterocycles. The van der Waals surface area contributed by atoms with Gasteiger partial charge in [0.1, 0.15) is 11.7 Å². The van der Waals surface area contributed by atoms with Gasteiger partial charge in [0, 0.05) is 16.4 Å². The number of halogens is 2. The molecule has 2 aromatic carbocycles. The second-order valence-corrected chi connectivity index (χ2v) is 6.59. The van der Waals surface area contributed by atoms with Crippen molar-refractivity contribution in [1.29, 1.82) is 0 Å². The van der Waals surface area contributed by atoms with Crippen LogP contribution < -0.4 is 5.32 Å². The van der Waals surface area contributed by atoms with Crippen LogP contribution in [0.1, 0.15) is 18.5 Å². The molecule has 0 aliphatic carbocycles. The van der Waals surface area contributed by atoms with Crippen LogP contribution in [0.3, 0.4) is 0 Å². The Kier molecular flexibility index (Phi) is 4.41. The Morgan fingerprint density at radius 1 is 1.22 bits per heavy atom. The van der Waals surface area contributed by atoms with Crippen LogP contribution in [-0.4, -0.2) is 31.8 Å². The van der Waals surface area contributed by atoms with E-state index >= 15 is 0 Å². The second kappa shape index (κ2) is 6.88. The van der Waals surface area contributed by atoms with Crippen LogP contribution in [-0.2, 0) is 4.79 Å². The van der Waals surface area contributed by atoms with Crippen molar-refractivity contribution in [1.82, 2.24) is 20.2 Å². The van der Waals surface area contributed by atoms with Crippen molar-refractivity contribution < 1.29 is 9.18 Å². The zero-order valence-electron chi connectivity index (χ0n) is 14.2. The first kappa shape index (κ1) is 17.3. The zero-order valence-corrected chi connectivity index (χ0v) is 14.9. The molecule has 1 N–H and O–H groups in total. The highest BCUT2D eigenvalue weighted by molar-refractivity contribution is 6.30. The first-order chi connectivity index (χ1) is 13.0. The minimum atomic E-state index is -0.710. The third kappa shape index (κ3) is 3.31. The van der Waals surface area contributed by atoms with Gasteiger partial charge in [0.15, 0.2) is 0 Å². The number of carbonyl (C=O) groups is 1. The van der Waals surface area contributed by atoms with Crippen LogP contribution in [0.2, 0.25) is 5.02 Å². The number of amides is 1. The number of hydrogen-bond acceptors (Lipinski definition) is 5. The predicted octanol–water partition coefficient (Wildman–Crippen LogP) is 3.42. The predicted molar refractivity (Wildman–Crippen MR) is 98.7 cm³/mol. The maximum absolute atomic E-state index is 13.8.